The molecule has 0 spiro atoms. The summed E-state index contributed by atoms with van der Waals surface area (Å²) in [5.41, 5.74) is 5.60. The summed E-state index contributed by atoms with van der Waals surface area (Å²) in [5.74, 6) is 1.14. The summed E-state index contributed by atoms with van der Waals surface area (Å²) in [4.78, 5) is 8.68. The maximum atomic E-state index is 4.83. The van der Waals surface area contributed by atoms with Crippen molar-refractivity contribution in [1.29, 1.82) is 0 Å². The topological polar surface area (TPSA) is 21.1 Å². The molecular weight excluding hydrogens is 326 g/mol. The van der Waals surface area contributed by atoms with Crippen LogP contribution in [0, 0.1) is 6.92 Å². The highest BCUT2D eigenvalue weighted by Crippen LogP contribution is 2.38. The summed E-state index contributed by atoms with van der Waals surface area (Å²) >= 11 is 1.85. The van der Waals surface area contributed by atoms with Gasteiger partial charge in [-0.3, -0.25) is 0 Å². The van der Waals surface area contributed by atoms with Gasteiger partial charge in [0.1, 0.15) is 0 Å². The van der Waals surface area contributed by atoms with Crippen molar-refractivity contribution < 1.29 is 0 Å². The van der Waals surface area contributed by atoms with Gasteiger partial charge in [0.2, 0.25) is 0 Å². The molecule has 1 aromatic carbocycles. The zero-order chi connectivity index (χ0) is 17.4. The minimum atomic E-state index is 0.952. The monoisotopic (exact) mass is 351 g/mol. The average Bonchev–Trinajstić information content (AvgIpc) is 2.93. The number of fused-ring (bicyclic) bond motifs is 2. The lowest BCUT2D eigenvalue weighted by Gasteiger charge is -2.30. The zero-order valence-corrected chi connectivity index (χ0v) is 16.1. The molecule has 0 saturated carbocycles. The first-order valence-corrected chi connectivity index (χ1v) is 10.3. The SMILES string of the molecule is CCCn1c(C)c(SC)c2ccnc(N3CCc4ccccc4C3)c21. The molecule has 0 unspecified atom stereocenters. The van der Waals surface area contributed by atoms with Gasteiger partial charge < -0.3 is 9.47 Å². The van der Waals surface area contributed by atoms with Gasteiger partial charge in [-0.1, -0.05) is 31.2 Å². The number of thioether (sulfide) groups is 1. The molecule has 0 radical (unpaired) electrons. The van der Waals surface area contributed by atoms with Crippen LogP contribution in [0.25, 0.3) is 10.9 Å². The quantitative estimate of drug-likeness (QED) is 0.615. The maximum Gasteiger partial charge on any atom is 0.153 e. The fraction of sp³-hybridized carbons (Fsp3) is 0.381. The Balaban J connectivity index is 1.85. The lowest BCUT2D eigenvalue weighted by molar-refractivity contribution is 0.672. The number of nitrogens with zero attached hydrogens (tertiary/aromatic N) is 3. The van der Waals surface area contributed by atoms with Crippen LogP contribution in [-0.4, -0.2) is 22.4 Å². The minimum absolute atomic E-state index is 0.952. The van der Waals surface area contributed by atoms with Crippen LogP contribution in [0.1, 0.15) is 30.2 Å². The van der Waals surface area contributed by atoms with E-state index in [9.17, 15) is 0 Å². The molecule has 3 nitrogen and oxygen atoms in total. The van der Waals surface area contributed by atoms with Crippen molar-refractivity contribution in [1.82, 2.24) is 9.55 Å². The molecule has 0 aliphatic carbocycles. The Morgan fingerprint density at radius 1 is 1.16 bits per heavy atom. The highest BCUT2D eigenvalue weighted by Gasteiger charge is 2.23. The van der Waals surface area contributed by atoms with Crippen LogP contribution in [0.4, 0.5) is 5.82 Å². The van der Waals surface area contributed by atoms with Crippen molar-refractivity contribution in [3.8, 4) is 0 Å². The summed E-state index contributed by atoms with van der Waals surface area (Å²) in [7, 11) is 0. The summed E-state index contributed by atoms with van der Waals surface area (Å²) < 4.78 is 2.48. The Hall–Kier alpha value is -1.94. The van der Waals surface area contributed by atoms with E-state index in [-0.39, 0.29) is 0 Å². The molecule has 0 amide bonds. The fourth-order valence-corrected chi connectivity index (χ4v) is 4.84. The Morgan fingerprint density at radius 3 is 2.72 bits per heavy atom. The van der Waals surface area contributed by atoms with Gasteiger partial charge in [0.15, 0.2) is 5.82 Å². The van der Waals surface area contributed by atoms with Crippen LogP contribution in [0.5, 0.6) is 0 Å². The molecule has 0 N–H and O–H groups in total. The second kappa shape index (κ2) is 6.75. The highest BCUT2D eigenvalue weighted by molar-refractivity contribution is 7.98. The van der Waals surface area contributed by atoms with Gasteiger partial charge in [-0.05, 0) is 43.2 Å². The summed E-state index contributed by atoms with van der Waals surface area (Å²) in [6.45, 7) is 7.53. The molecule has 4 rings (SSSR count). The molecule has 25 heavy (non-hydrogen) atoms. The molecule has 1 aliphatic rings. The van der Waals surface area contributed by atoms with E-state index in [4.69, 9.17) is 4.98 Å². The van der Waals surface area contributed by atoms with Crippen molar-refractivity contribution in [3.05, 3.63) is 53.3 Å². The number of anilines is 1. The van der Waals surface area contributed by atoms with Crippen molar-refractivity contribution in [2.45, 2.75) is 44.7 Å². The zero-order valence-electron chi connectivity index (χ0n) is 15.2. The van der Waals surface area contributed by atoms with E-state index < -0.39 is 0 Å². The van der Waals surface area contributed by atoms with E-state index >= 15 is 0 Å². The first kappa shape index (κ1) is 16.5. The number of hydrogen-bond acceptors (Lipinski definition) is 3. The van der Waals surface area contributed by atoms with E-state index in [1.54, 1.807) is 0 Å². The molecule has 0 atom stereocenters. The van der Waals surface area contributed by atoms with E-state index in [0.717, 1.165) is 38.3 Å². The molecule has 0 fully saturated rings. The van der Waals surface area contributed by atoms with Crippen LogP contribution in [-0.2, 0) is 19.5 Å². The van der Waals surface area contributed by atoms with Crippen molar-refractivity contribution in [3.63, 3.8) is 0 Å². The second-order valence-electron chi connectivity index (χ2n) is 6.74. The molecule has 0 bridgehead atoms. The normalized spacial score (nSPS) is 14.1. The second-order valence-corrected chi connectivity index (χ2v) is 7.56. The smallest absolute Gasteiger partial charge is 0.153 e. The largest absolute Gasteiger partial charge is 0.350 e. The number of hydrogen-bond donors (Lipinski definition) is 0. The number of aryl methyl sites for hydroxylation is 1. The van der Waals surface area contributed by atoms with E-state index in [1.165, 1.54) is 32.6 Å². The predicted octanol–water partition coefficient (Wildman–Crippen LogP) is 5.04. The number of rotatable bonds is 4. The molecule has 3 aromatic rings. The first-order chi connectivity index (χ1) is 12.2. The van der Waals surface area contributed by atoms with Crippen LogP contribution in [0.2, 0.25) is 0 Å². The summed E-state index contributed by atoms with van der Waals surface area (Å²) in [5, 5.41) is 1.35. The fourth-order valence-electron chi connectivity index (χ4n) is 4.05. The third-order valence-corrected chi connectivity index (χ3v) is 6.16. The summed E-state index contributed by atoms with van der Waals surface area (Å²) in [6.07, 6.45) is 6.38. The van der Waals surface area contributed by atoms with Crippen LogP contribution in [0.15, 0.2) is 41.4 Å². The average molecular weight is 352 g/mol. The standard InChI is InChI=1S/C21H25N3S/c1-4-12-24-15(2)20(25-3)18-9-11-22-21(19(18)24)23-13-10-16-7-5-6-8-17(16)14-23/h5-9,11H,4,10,12-14H2,1-3H3. The van der Waals surface area contributed by atoms with Gasteiger partial charge in [0.25, 0.3) is 0 Å². The molecule has 4 heteroatoms. The molecule has 0 saturated heterocycles. The molecule has 3 heterocycles. The molecule has 1 aliphatic heterocycles. The number of aromatic nitrogens is 2. The predicted molar refractivity (Wildman–Crippen MR) is 108 cm³/mol. The van der Waals surface area contributed by atoms with Gasteiger partial charge in [-0.15, -0.1) is 11.8 Å². The molecule has 2 aromatic heterocycles. The van der Waals surface area contributed by atoms with Crippen molar-refractivity contribution in [2.24, 2.45) is 0 Å². The molecular formula is C21H25N3S. The Labute approximate surface area is 154 Å². The third-order valence-electron chi connectivity index (χ3n) is 5.23. The minimum Gasteiger partial charge on any atom is -0.350 e. The van der Waals surface area contributed by atoms with E-state index in [2.05, 4.69) is 59.9 Å². The lowest BCUT2D eigenvalue weighted by Crippen LogP contribution is -2.31. The van der Waals surface area contributed by atoms with Crippen LogP contribution in [0.3, 0.4) is 0 Å². The lowest BCUT2D eigenvalue weighted by atomic mass is 10.00. The first-order valence-electron chi connectivity index (χ1n) is 9.08. The number of pyridine rings is 1. The Morgan fingerprint density at radius 2 is 1.96 bits per heavy atom. The van der Waals surface area contributed by atoms with Gasteiger partial charge >= 0.3 is 0 Å². The van der Waals surface area contributed by atoms with Crippen LogP contribution >= 0.6 is 11.8 Å². The van der Waals surface area contributed by atoms with Gasteiger partial charge in [-0.2, -0.15) is 0 Å². The Kier molecular flexibility index (Phi) is 4.46. The van der Waals surface area contributed by atoms with Crippen LogP contribution < -0.4 is 4.90 Å². The number of benzene rings is 1. The van der Waals surface area contributed by atoms with Crippen molar-refractivity contribution >= 4 is 28.5 Å². The van der Waals surface area contributed by atoms with Gasteiger partial charge in [0, 0.05) is 41.8 Å². The molecule has 130 valence electrons. The van der Waals surface area contributed by atoms with E-state index in [1.807, 2.05) is 18.0 Å². The highest BCUT2D eigenvalue weighted by atomic mass is 32.2. The van der Waals surface area contributed by atoms with Gasteiger partial charge in [0.05, 0.1) is 5.52 Å². The third kappa shape index (κ3) is 2.73. The summed E-state index contributed by atoms with van der Waals surface area (Å²) in [6, 6.07) is 11.0. The van der Waals surface area contributed by atoms with E-state index in [0.29, 0.717) is 0 Å². The van der Waals surface area contributed by atoms with Crippen molar-refractivity contribution in [2.75, 3.05) is 17.7 Å². The Bertz CT molecular complexity index is 913. The van der Waals surface area contributed by atoms with Gasteiger partial charge in [-0.25, -0.2) is 4.98 Å². The maximum absolute atomic E-state index is 4.83.